The number of aromatic carboxylic acids is 1. The highest BCUT2D eigenvalue weighted by Gasteiger charge is 2.15. The molecule has 0 spiro atoms. The molecule has 0 aliphatic carbocycles. The molecular formula is C16H11N3O6. The number of non-ortho nitro benzene ring substituents is 1. The van der Waals surface area contributed by atoms with E-state index in [1.165, 1.54) is 24.3 Å². The van der Waals surface area contributed by atoms with Gasteiger partial charge in [-0.15, -0.1) is 0 Å². The molecule has 2 aromatic carbocycles. The number of carboxylic acids is 1. The van der Waals surface area contributed by atoms with Crippen molar-refractivity contribution in [3.63, 3.8) is 0 Å². The van der Waals surface area contributed by atoms with E-state index in [0.717, 1.165) is 10.6 Å². The third kappa shape index (κ3) is 2.90. The molecule has 1 heterocycles. The van der Waals surface area contributed by atoms with E-state index in [9.17, 15) is 29.6 Å². The monoisotopic (exact) mass is 341 g/mol. The van der Waals surface area contributed by atoms with Gasteiger partial charge in [0.15, 0.2) is 0 Å². The Labute approximate surface area is 138 Å². The number of rotatable bonds is 4. The molecule has 9 nitrogen and oxygen atoms in total. The molecule has 3 aromatic rings. The number of aromatic amines is 1. The van der Waals surface area contributed by atoms with Crippen LogP contribution in [0.5, 0.6) is 0 Å². The maximum atomic E-state index is 12.2. The zero-order valence-electron chi connectivity index (χ0n) is 12.6. The Balaban J connectivity index is 2.24. The predicted molar refractivity (Wildman–Crippen MR) is 88.0 cm³/mol. The molecule has 3 rings (SSSR count). The minimum absolute atomic E-state index is 0.00439. The lowest BCUT2D eigenvalue weighted by atomic mass is 10.1. The van der Waals surface area contributed by atoms with Crippen molar-refractivity contribution < 1.29 is 14.8 Å². The van der Waals surface area contributed by atoms with Gasteiger partial charge in [-0.1, -0.05) is 18.2 Å². The molecule has 25 heavy (non-hydrogen) atoms. The highest BCUT2D eigenvalue weighted by molar-refractivity contribution is 5.89. The number of benzene rings is 2. The SMILES string of the molecule is O=C(O)c1ccccc1Cn1c(=O)c(=O)[nH]c2cc([N+](=O)[O-])ccc21. The fourth-order valence-corrected chi connectivity index (χ4v) is 2.57. The number of aromatic nitrogens is 2. The Morgan fingerprint density at radius 2 is 1.92 bits per heavy atom. The Morgan fingerprint density at radius 1 is 1.20 bits per heavy atom. The third-order valence-electron chi connectivity index (χ3n) is 3.75. The summed E-state index contributed by atoms with van der Waals surface area (Å²) in [7, 11) is 0. The lowest BCUT2D eigenvalue weighted by molar-refractivity contribution is -0.384. The maximum absolute atomic E-state index is 12.2. The Morgan fingerprint density at radius 3 is 2.60 bits per heavy atom. The molecule has 0 saturated heterocycles. The summed E-state index contributed by atoms with van der Waals surface area (Å²) in [5.41, 5.74) is -1.34. The lowest BCUT2D eigenvalue weighted by Crippen LogP contribution is -2.36. The van der Waals surface area contributed by atoms with Crippen molar-refractivity contribution in [1.82, 2.24) is 9.55 Å². The van der Waals surface area contributed by atoms with Crippen molar-refractivity contribution in [2.75, 3.05) is 0 Å². The molecule has 0 bridgehead atoms. The molecule has 0 aliphatic heterocycles. The van der Waals surface area contributed by atoms with E-state index in [4.69, 9.17) is 0 Å². The van der Waals surface area contributed by atoms with Gasteiger partial charge < -0.3 is 10.1 Å². The van der Waals surface area contributed by atoms with Gasteiger partial charge in [0, 0.05) is 12.1 Å². The smallest absolute Gasteiger partial charge is 0.336 e. The van der Waals surface area contributed by atoms with Gasteiger partial charge in [0.1, 0.15) is 0 Å². The highest BCUT2D eigenvalue weighted by atomic mass is 16.6. The first-order valence-electron chi connectivity index (χ1n) is 7.11. The number of carboxylic acid groups (broad SMARTS) is 1. The molecule has 2 N–H and O–H groups in total. The molecule has 0 amide bonds. The van der Waals surface area contributed by atoms with Gasteiger partial charge in [0.05, 0.1) is 28.1 Å². The molecule has 126 valence electrons. The minimum atomic E-state index is -1.16. The summed E-state index contributed by atoms with van der Waals surface area (Å²) < 4.78 is 1.10. The summed E-state index contributed by atoms with van der Waals surface area (Å²) in [4.78, 5) is 48.0. The van der Waals surface area contributed by atoms with Crippen LogP contribution >= 0.6 is 0 Å². The first-order valence-corrected chi connectivity index (χ1v) is 7.11. The van der Waals surface area contributed by atoms with Gasteiger partial charge >= 0.3 is 17.1 Å². The van der Waals surface area contributed by atoms with Crippen molar-refractivity contribution >= 4 is 22.7 Å². The predicted octanol–water partition coefficient (Wildman–Crippen LogP) is 1.34. The molecule has 0 aliphatic rings. The van der Waals surface area contributed by atoms with Crippen LogP contribution in [0.2, 0.25) is 0 Å². The second-order valence-electron chi connectivity index (χ2n) is 5.27. The van der Waals surface area contributed by atoms with E-state index in [1.807, 2.05) is 0 Å². The molecule has 0 atom stereocenters. The summed E-state index contributed by atoms with van der Waals surface area (Å²) >= 11 is 0. The lowest BCUT2D eigenvalue weighted by Gasteiger charge is -2.11. The average molecular weight is 341 g/mol. The molecule has 9 heteroatoms. The van der Waals surface area contributed by atoms with Crippen LogP contribution in [0.4, 0.5) is 5.69 Å². The van der Waals surface area contributed by atoms with Crippen LogP contribution in [0, 0.1) is 10.1 Å². The van der Waals surface area contributed by atoms with Crippen molar-refractivity contribution in [3.05, 3.63) is 84.4 Å². The van der Waals surface area contributed by atoms with Gasteiger partial charge in [0.25, 0.3) is 5.69 Å². The number of carbonyl (C=O) groups is 1. The number of hydrogen-bond acceptors (Lipinski definition) is 5. The third-order valence-corrected chi connectivity index (χ3v) is 3.75. The zero-order valence-corrected chi connectivity index (χ0v) is 12.6. The van der Waals surface area contributed by atoms with Gasteiger partial charge in [0.2, 0.25) is 0 Å². The summed E-state index contributed by atoms with van der Waals surface area (Å²) in [5.74, 6) is -1.16. The van der Waals surface area contributed by atoms with E-state index >= 15 is 0 Å². The average Bonchev–Trinajstić information content (AvgIpc) is 2.58. The van der Waals surface area contributed by atoms with Crippen LogP contribution in [0.3, 0.4) is 0 Å². The molecule has 0 unspecified atom stereocenters. The Bertz CT molecular complexity index is 1130. The number of H-pyrrole nitrogens is 1. The largest absolute Gasteiger partial charge is 0.478 e. The molecular weight excluding hydrogens is 330 g/mol. The van der Waals surface area contributed by atoms with Crippen LogP contribution in [-0.2, 0) is 6.54 Å². The summed E-state index contributed by atoms with van der Waals surface area (Å²) in [6, 6.07) is 9.79. The van der Waals surface area contributed by atoms with Crippen LogP contribution in [-0.4, -0.2) is 25.6 Å². The molecule has 0 radical (unpaired) electrons. The van der Waals surface area contributed by atoms with Crippen LogP contribution in [0.1, 0.15) is 15.9 Å². The Hall–Kier alpha value is -3.75. The van der Waals surface area contributed by atoms with Gasteiger partial charge in [-0.25, -0.2) is 4.79 Å². The topological polar surface area (TPSA) is 135 Å². The minimum Gasteiger partial charge on any atom is -0.478 e. The fourth-order valence-electron chi connectivity index (χ4n) is 2.57. The number of nitrogens with one attached hydrogen (secondary N) is 1. The maximum Gasteiger partial charge on any atom is 0.336 e. The van der Waals surface area contributed by atoms with Gasteiger partial charge in [-0.2, -0.15) is 0 Å². The quantitative estimate of drug-likeness (QED) is 0.418. The number of nitro benzene ring substituents is 1. The van der Waals surface area contributed by atoms with E-state index in [1.54, 1.807) is 12.1 Å². The van der Waals surface area contributed by atoms with E-state index in [-0.39, 0.29) is 28.8 Å². The standard InChI is InChI=1S/C16H11N3O6/c20-14-15(21)18(8-9-3-1-2-4-11(9)16(22)23)13-6-5-10(19(24)25)7-12(13)17-14/h1-7H,8H2,(H,17,20)(H,22,23). The second kappa shape index (κ2) is 6.04. The van der Waals surface area contributed by atoms with Crippen LogP contribution in [0.15, 0.2) is 52.1 Å². The highest BCUT2D eigenvalue weighted by Crippen LogP contribution is 2.19. The van der Waals surface area contributed by atoms with Crippen LogP contribution in [0.25, 0.3) is 11.0 Å². The Kier molecular flexibility index (Phi) is 3.89. The molecule has 1 aromatic heterocycles. The van der Waals surface area contributed by atoms with Crippen molar-refractivity contribution in [1.29, 1.82) is 0 Å². The summed E-state index contributed by atoms with van der Waals surface area (Å²) in [6.07, 6.45) is 0. The number of nitro groups is 1. The summed E-state index contributed by atoms with van der Waals surface area (Å²) in [6.45, 7) is -0.153. The number of nitrogens with zero attached hydrogens (tertiary/aromatic N) is 2. The van der Waals surface area contributed by atoms with E-state index < -0.39 is 22.0 Å². The molecule has 0 fully saturated rings. The second-order valence-corrected chi connectivity index (χ2v) is 5.27. The first-order chi connectivity index (χ1) is 11.9. The van der Waals surface area contributed by atoms with E-state index in [2.05, 4.69) is 4.98 Å². The van der Waals surface area contributed by atoms with Crippen LogP contribution < -0.4 is 11.1 Å². The number of hydrogen-bond donors (Lipinski definition) is 2. The zero-order chi connectivity index (χ0) is 18.1. The van der Waals surface area contributed by atoms with Crippen molar-refractivity contribution in [2.24, 2.45) is 0 Å². The number of fused-ring (bicyclic) bond motifs is 1. The van der Waals surface area contributed by atoms with Gasteiger partial charge in [-0.3, -0.25) is 24.3 Å². The normalized spacial score (nSPS) is 10.7. The molecule has 0 saturated carbocycles. The van der Waals surface area contributed by atoms with Crippen molar-refractivity contribution in [3.8, 4) is 0 Å². The van der Waals surface area contributed by atoms with E-state index in [0.29, 0.717) is 5.56 Å². The van der Waals surface area contributed by atoms with Gasteiger partial charge in [-0.05, 0) is 17.7 Å². The first kappa shape index (κ1) is 16.1. The van der Waals surface area contributed by atoms with Crippen molar-refractivity contribution in [2.45, 2.75) is 6.54 Å². The summed E-state index contributed by atoms with van der Waals surface area (Å²) in [5, 5.41) is 20.1. The fraction of sp³-hybridized carbons (Fsp3) is 0.0625.